The van der Waals surface area contributed by atoms with Crippen LogP contribution in [-0.4, -0.2) is 9.97 Å². The van der Waals surface area contributed by atoms with Crippen molar-refractivity contribution in [2.24, 2.45) is 0 Å². The van der Waals surface area contributed by atoms with Gasteiger partial charge in [0.1, 0.15) is 11.0 Å². The fraction of sp³-hybridized carbons (Fsp3) is 0. The van der Waals surface area contributed by atoms with Crippen LogP contribution in [-0.2, 0) is 0 Å². The van der Waals surface area contributed by atoms with E-state index in [1.807, 2.05) is 48.5 Å². The maximum atomic E-state index is 5.89. The third-order valence-electron chi connectivity index (χ3n) is 5.16. The second-order valence-electron chi connectivity index (χ2n) is 7.27. The van der Waals surface area contributed by atoms with E-state index in [-0.39, 0.29) is 0 Å². The van der Waals surface area contributed by atoms with Crippen LogP contribution in [0.1, 0.15) is 0 Å². The summed E-state index contributed by atoms with van der Waals surface area (Å²) in [5, 5.41) is 2.14. The van der Waals surface area contributed by atoms with Crippen molar-refractivity contribution in [3.05, 3.63) is 72.8 Å². The van der Waals surface area contributed by atoms with E-state index in [9.17, 15) is 0 Å². The summed E-state index contributed by atoms with van der Waals surface area (Å²) in [7, 11) is 0. The Morgan fingerprint density at radius 2 is 1.00 bits per heavy atom. The molecule has 0 aliphatic heterocycles. The topological polar surface area (TPSA) is 104 Å². The second kappa shape index (κ2) is 6.09. The molecule has 0 spiro atoms. The number of aromatic nitrogens is 2. The zero-order valence-electron chi connectivity index (χ0n) is 15.8. The summed E-state index contributed by atoms with van der Waals surface area (Å²) in [4.78, 5) is 9.13. The molecule has 0 aliphatic rings. The molecule has 0 saturated carbocycles. The summed E-state index contributed by atoms with van der Waals surface area (Å²) in [6.45, 7) is 0. The zero-order chi connectivity index (χ0) is 20.2. The first kappa shape index (κ1) is 16.6. The predicted octanol–water partition coefficient (Wildman–Crippen LogP) is 5.62. The molecule has 2 aromatic heterocycles. The Labute approximate surface area is 170 Å². The maximum absolute atomic E-state index is 5.89. The zero-order valence-corrected chi connectivity index (χ0v) is 15.8. The highest BCUT2D eigenvalue weighted by molar-refractivity contribution is 5.90. The lowest BCUT2D eigenvalue weighted by molar-refractivity contribution is 0.619. The van der Waals surface area contributed by atoms with Gasteiger partial charge in [0.15, 0.2) is 11.2 Å². The monoisotopic (exact) mass is 392 g/mol. The molecule has 144 valence electrons. The molecule has 4 N–H and O–H groups in total. The number of nitrogen functional groups attached to an aromatic ring is 2. The molecule has 0 atom stereocenters. The SMILES string of the molecule is Nc1ccc2oc(-c3ccc4cc(-c5nc6cc(N)ccc6o5)ccc4c3)nc2c1. The van der Waals surface area contributed by atoms with Gasteiger partial charge in [-0.05, 0) is 71.4 Å². The van der Waals surface area contributed by atoms with Crippen molar-refractivity contribution in [1.82, 2.24) is 9.97 Å². The van der Waals surface area contributed by atoms with Crippen LogP contribution in [0.25, 0.3) is 55.9 Å². The normalized spacial score (nSPS) is 11.6. The van der Waals surface area contributed by atoms with Crippen LogP contribution >= 0.6 is 0 Å². The van der Waals surface area contributed by atoms with Crippen LogP contribution in [0.2, 0.25) is 0 Å². The summed E-state index contributed by atoms with van der Waals surface area (Å²) in [5.41, 5.74) is 17.7. The Morgan fingerprint density at radius 1 is 0.533 bits per heavy atom. The Bertz CT molecular complexity index is 1460. The molecule has 0 bridgehead atoms. The minimum atomic E-state index is 0.568. The number of hydrogen-bond acceptors (Lipinski definition) is 6. The molecule has 0 unspecified atom stereocenters. The summed E-state index contributed by atoms with van der Waals surface area (Å²) < 4.78 is 11.8. The van der Waals surface area contributed by atoms with Crippen molar-refractivity contribution in [2.75, 3.05) is 11.5 Å². The van der Waals surface area contributed by atoms with Gasteiger partial charge in [-0.3, -0.25) is 0 Å². The lowest BCUT2D eigenvalue weighted by atomic mass is 10.0. The first-order valence-electron chi connectivity index (χ1n) is 9.49. The van der Waals surface area contributed by atoms with Crippen LogP contribution in [0.15, 0.2) is 81.6 Å². The number of oxazole rings is 2. The molecule has 2 heterocycles. The third-order valence-corrected chi connectivity index (χ3v) is 5.16. The van der Waals surface area contributed by atoms with Gasteiger partial charge < -0.3 is 20.3 Å². The van der Waals surface area contributed by atoms with Gasteiger partial charge in [-0.2, -0.15) is 0 Å². The van der Waals surface area contributed by atoms with Gasteiger partial charge in [0.05, 0.1) is 0 Å². The lowest BCUT2D eigenvalue weighted by Gasteiger charge is -2.02. The van der Waals surface area contributed by atoms with Crippen LogP contribution < -0.4 is 11.5 Å². The van der Waals surface area contributed by atoms with E-state index in [1.54, 1.807) is 12.1 Å². The van der Waals surface area contributed by atoms with E-state index in [2.05, 4.69) is 22.1 Å². The fourth-order valence-electron chi connectivity index (χ4n) is 3.65. The highest BCUT2D eigenvalue weighted by Crippen LogP contribution is 2.31. The van der Waals surface area contributed by atoms with Gasteiger partial charge in [0, 0.05) is 22.5 Å². The van der Waals surface area contributed by atoms with Crippen LogP contribution in [0.4, 0.5) is 11.4 Å². The molecule has 6 rings (SSSR count). The van der Waals surface area contributed by atoms with Crippen LogP contribution in [0.5, 0.6) is 0 Å². The number of benzene rings is 4. The Hall–Kier alpha value is -4.32. The van der Waals surface area contributed by atoms with E-state index in [0.29, 0.717) is 34.3 Å². The molecule has 6 aromatic rings. The third kappa shape index (κ3) is 2.66. The van der Waals surface area contributed by atoms with Crippen molar-refractivity contribution in [1.29, 1.82) is 0 Å². The Balaban J connectivity index is 1.41. The van der Waals surface area contributed by atoms with E-state index in [4.69, 9.17) is 20.3 Å². The summed E-state index contributed by atoms with van der Waals surface area (Å²) in [6.07, 6.45) is 0. The number of nitrogens with zero attached hydrogens (tertiary/aromatic N) is 2. The van der Waals surface area contributed by atoms with Gasteiger partial charge >= 0.3 is 0 Å². The van der Waals surface area contributed by atoms with Gasteiger partial charge in [-0.1, -0.05) is 12.1 Å². The molecular formula is C24H16N4O2. The second-order valence-corrected chi connectivity index (χ2v) is 7.27. The van der Waals surface area contributed by atoms with Crippen molar-refractivity contribution in [2.45, 2.75) is 0 Å². The minimum Gasteiger partial charge on any atom is -0.436 e. The number of fused-ring (bicyclic) bond motifs is 3. The fourth-order valence-corrected chi connectivity index (χ4v) is 3.65. The minimum absolute atomic E-state index is 0.568. The first-order valence-corrected chi connectivity index (χ1v) is 9.49. The molecule has 4 aromatic carbocycles. The van der Waals surface area contributed by atoms with E-state index in [1.165, 1.54) is 0 Å². The van der Waals surface area contributed by atoms with Crippen LogP contribution in [0.3, 0.4) is 0 Å². The molecule has 6 heteroatoms. The van der Waals surface area contributed by atoms with E-state index in [0.717, 1.165) is 32.9 Å². The van der Waals surface area contributed by atoms with E-state index < -0.39 is 0 Å². The summed E-state index contributed by atoms with van der Waals surface area (Å²) >= 11 is 0. The number of anilines is 2. The molecule has 6 nitrogen and oxygen atoms in total. The average molecular weight is 392 g/mol. The molecule has 0 amide bonds. The molecule has 0 aliphatic carbocycles. The van der Waals surface area contributed by atoms with E-state index >= 15 is 0 Å². The molecule has 30 heavy (non-hydrogen) atoms. The Kier molecular flexibility index (Phi) is 3.37. The maximum Gasteiger partial charge on any atom is 0.227 e. The van der Waals surface area contributed by atoms with Crippen molar-refractivity contribution in [3.63, 3.8) is 0 Å². The molecular weight excluding hydrogens is 376 g/mol. The number of rotatable bonds is 2. The quantitative estimate of drug-likeness (QED) is 0.371. The Morgan fingerprint density at radius 3 is 1.47 bits per heavy atom. The predicted molar refractivity (Wildman–Crippen MR) is 119 cm³/mol. The van der Waals surface area contributed by atoms with Crippen molar-refractivity contribution in [3.8, 4) is 22.9 Å². The van der Waals surface area contributed by atoms with Gasteiger partial charge in [-0.15, -0.1) is 0 Å². The summed E-state index contributed by atoms with van der Waals surface area (Å²) in [6, 6.07) is 23.1. The first-order chi connectivity index (χ1) is 14.6. The number of hydrogen-bond donors (Lipinski definition) is 2. The van der Waals surface area contributed by atoms with Gasteiger partial charge in [0.2, 0.25) is 11.8 Å². The highest BCUT2D eigenvalue weighted by Gasteiger charge is 2.12. The molecule has 0 radical (unpaired) electrons. The van der Waals surface area contributed by atoms with Gasteiger partial charge in [0.25, 0.3) is 0 Å². The smallest absolute Gasteiger partial charge is 0.227 e. The number of nitrogens with two attached hydrogens (primary N) is 2. The molecule has 0 fully saturated rings. The lowest BCUT2D eigenvalue weighted by Crippen LogP contribution is -1.83. The standard InChI is InChI=1S/C24H16N4O2/c25-17-5-7-21-19(11-17)27-23(29-21)15-3-1-13-9-16(4-2-14(13)10-15)24-28-20-12-18(26)6-8-22(20)30-24/h1-12H,25-26H2. The summed E-state index contributed by atoms with van der Waals surface area (Å²) in [5.74, 6) is 1.14. The van der Waals surface area contributed by atoms with Crippen LogP contribution in [0, 0.1) is 0 Å². The molecule has 0 saturated heterocycles. The average Bonchev–Trinajstić information content (AvgIpc) is 3.36. The highest BCUT2D eigenvalue weighted by atomic mass is 16.4. The van der Waals surface area contributed by atoms with Crippen molar-refractivity contribution < 1.29 is 8.83 Å². The van der Waals surface area contributed by atoms with Crippen molar-refractivity contribution >= 4 is 44.3 Å². The van der Waals surface area contributed by atoms with Gasteiger partial charge in [-0.25, -0.2) is 9.97 Å². The largest absolute Gasteiger partial charge is 0.436 e.